The number of imide groups is 1. The zero-order valence-electron chi connectivity index (χ0n) is 15.3. The Morgan fingerprint density at radius 2 is 2.12 bits per heavy atom. The van der Waals surface area contributed by atoms with E-state index in [1.165, 1.54) is 0 Å². The van der Waals surface area contributed by atoms with Crippen molar-refractivity contribution in [2.24, 2.45) is 0 Å². The zero-order valence-corrected chi connectivity index (χ0v) is 15.3. The van der Waals surface area contributed by atoms with Crippen molar-refractivity contribution in [3.8, 4) is 0 Å². The lowest BCUT2D eigenvalue weighted by Gasteiger charge is -2.23. The molecule has 1 aliphatic heterocycles. The number of hydrogen-bond acceptors (Lipinski definition) is 5. The van der Waals surface area contributed by atoms with E-state index in [0.717, 1.165) is 0 Å². The molecule has 0 saturated carbocycles. The predicted molar refractivity (Wildman–Crippen MR) is 95.2 cm³/mol. The van der Waals surface area contributed by atoms with Crippen LogP contribution >= 0.6 is 0 Å². The van der Waals surface area contributed by atoms with Crippen LogP contribution in [0.1, 0.15) is 40.5 Å². The topological polar surface area (TPSA) is 96.5 Å². The number of rotatable bonds is 8. The summed E-state index contributed by atoms with van der Waals surface area (Å²) in [6.45, 7) is 11.8. The molecule has 7 heteroatoms. The van der Waals surface area contributed by atoms with Gasteiger partial charge in [-0.1, -0.05) is 12.7 Å². The van der Waals surface area contributed by atoms with E-state index in [9.17, 15) is 14.4 Å². The fourth-order valence-electron chi connectivity index (χ4n) is 2.39. The summed E-state index contributed by atoms with van der Waals surface area (Å²) in [5.41, 5.74) is 0.931. The largest absolute Gasteiger partial charge is 0.492 e. The molecule has 1 aliphatic rings. The minimum Gasteiger partial charge on any atom is -0.492 e. The third kappa shape index (κ3) is 6.45. The minimum absolute atomic E-state index is 0.0296. The molecular weight excluding hydrogens is 322 g/mol. The molecule has 0 bridgehead atoms. The van der Waals surface area contributed by atoms with Gasteiger partial charge >= 0.3 is 0 Å². The Morgan fingerprint density at radius 1 is 1.44 bits per heavy atom. The van der Waals surface area contributed by atoms with Gasteiger partial charge in [-0.05, 0) is 34.1 Å². The second-order valence-electron chi connectivity index (χ2n) is 5.90. The summed E-state index contributed by atoms with van der Waals surface area (Å²) in [6.07, 6.45) is 3.77. The fourth-order valence-corrected chi connectivity index (χ4v) is 2.39. The molecule has 25 heavy (non-hydrogen) atoms. The molecule has 7 nitrogen and oxygen atoms in total. The molecule has 3 amide bonds. The summed E-state index contributed by atoms with van der Waals surface area (Å²) in [4.78, 5) is 35.6. The van der Waals surface area contributed by atoms with Gasteiger partial charge in [0, 0.05) is 19.0 Å². The van der Waals surface area contributed by atoms with Crippen LogP contribution in [0.3, 0.4) is 0 Å². The molecule has 0 aromatic rings. The first-order chi connectivity index (χ1) is 11.8. The molecule has 1 heterocycles. The lowest BCUT2D eigenvalue weighted by atomic mass is 10.0. The Kier molecular flexibility index (Phi) is 7.91. The van der Waals surface area contributed by atoms with E-state index in [1.54, 1.807) is 19.1 Å². The van der Waals surface area contributed by atoms with Gasteiger partial charge in [-0.3, -0.25) is 19.7 Å². The molecule has 1 unspecified atom stereocenters. The number of nitrogens with one attached hydrogen (secondary N) is 3. The van der Waals surface area contributed by atoms with Crippen LogP contribution in [0.2, 0.25) is 0 Å². The maximum Gasteiger partial charge on any atom is 0.253 e. The third-order valence-corrected chi connectivity index (χ3v) is 3.43. The first kappa shape index (κ1) is 20.5. The zero-order chi connectivity index (χ0) is 19.0. The molecule has 0 spiro atoms. The summed E-state index contributed by atoms with van der Waals surface area (Å²) in [5.74, 6) is -0.778. The molecule has 1 fully saturated rings. The Bertz CT molecular complexity index is 605. The first-order valence-corrected chi connectivity index (χ1v) is 8.40. The normalized spacial score (nSPS) is 18.7. The number of amides is 3. The van der Waals surface area contributed by atoms with Crippen molar-refractivity contribution >= 4 is 17.7 Å². The summed E-state index contributed by atoms with van der Waals surface area (Å²) in [7, 11) is 0. The van der Waals surface area contributed by atoms with Crippen molar-refractivity contribution in [2.45, 2.75) is 52.7 Å². The number of carbonyl (C=O) groups excluding carboxylic acids is 3. The van der Waals surface area contributed by atoms with E-state index in [-0.39, 0.29) is 24.9 Å². The average molecular weight is 349 g/mol. The molecular formula is C18H27N3O4. The summed E-state index contributed by atoms with van der Waals surface area (Å²) < 4.78 is 5.51. The van der Waals surface area contributed by atoms with E-state index in [4.69, 9.17) is 4.74 Å². The molecule has 138 valence electrons. The van der Waals surface area contributed by atoms with Gasteiger partial charge < -0.3 is 15.4 Å². The number of carbonyl (C=O) groups is 3. The fraction of sp³-hybridized carbons (Fsp3) is 0.500. The lowest BCUT2D eigenvalue weighted by molar-refractivity contribution is -0.136. The number of ether oxygens (including phenoxy) is 1. The van der Waals surface area contributed by atoms with Gasteiger partial charge in [-0.15, -0.1) is 0 Å². The van der Waals surface area contributed by atoms with Crippen LogP contribution in [0.25, 0.3) is 0 Å². The van der Waals surface area contributed by atoms with Gasteiger partial charge in [-0.2, -0.15) is 0 Å². The molecule has 3 N–H and O–H groups in total. The highest BCUT2D eigenvalue weighted by molar-refractivity contribution is 6.04. The van der Waals surface area contributed by atoms with E-state index < -0.39 is 17.9 Å². The Balaban J connectivity index is 2.90. The first-order valence-electron chi connectivity index (χ1n) is 8.40. The summed E-state index contributed by atoms with van der Waals surface area (Å²) in [6, 6.07) is -0.724. The standard InChI is InChI=1S/C18H27N3O4/c1-6-13(15(19-7-2)10-12(5)25-11(3)4)17(23)20-14-8-9-16(22)21-18(14)24/h6,10-11,14,19H,5,7-9H2,1-4H3,(H,20,23)(H,21,22,24)/b13-6+,15-10+. The monoisotopic (exact) mass is 349 g/mol. The molecule has 0 aromatic carbocycles. The highest BCUT2D eigenvalue weighted by Crippen LogP contribution is 2.14. The number of allylic oxidation sites excluding steroid dienone is 2. The van der Waals surface area contributed by atoms with Crippen molar-refractivity contribution in [2.75, 3.05) is 6.54 Å². The highest BCUT2D eigenvalue weighted by Gasteiger charge is 2.29. The van der Waals surface area contributed by atoms with Crippen LogP contribution in [-0.4, -0.2) is 36.4 Å². The SMILES string of the molecule is C=C(/C=C(NCC)\C(=C/C)C(=O)NC1CCC(=O)NC1=O)OC(C)C. The van der Waals surface area contributed by atoms with Gasteiger partial charge in [0.2, 0.25) is 11.8 Å². The number of hydrogen-bond donors (Lipinski definition) is 3. The quantitative estimate of drug-likeness (QED) is 0.266. The van der Waals surface area contributed by atoms with Gasteiger partial charge in [0.1, 0.15) is 11.8 Å². The Hall–Kier alpha value is -2.57. The maximum absolute atomic E-state index is 12.6. The van der Waals surface area contributed by atoms with Gasteiger partial charge in [0.25, 0.3) is 5.91 Å². The van der Waals surface area contributed by atoms with Crippen LogP contribution in [0.5, 0.6) is 0 Å². The second-order valence-corrected chi connectivity index (χ2v) is 5.90. The highest BCUT2D eigenvalue weighted by atomic mass is 16.5. The second kappa shape index (κ2) is 9.66. The van der Waals surface area contributed by atoms with Gasteiger partial charge in [0.15, 0.2) is 0 Å². The van der Waals surface area contributed by atoms with Crippen molar-refractivity contribution in [1.29, 1.82) is 0 Å². The van der Waals surface area contributed by atoms with Crippen molar-refractivity contribution in [3.63, 3.8) is 0 Å². The van der Waals surface area contributed by atoms with E-state index in [1.807, 2.05) is 20.8 Å². The summed E-state index contributed by atoms with van der Waals surface area (Å²) in [5, 5.41) is 8.00. The van der Waals surface area contributed by atoms with Crippen LogP contribution in [0.15, 0.2) is 35.8 Å². The molecule has 1 atom stereocenters. The Labute approximate surface area is 148 Å². The number of likely N-dealkylation sites (N-methyl/N-ethyl adjacent to an activating group) is 1. The molecule has 1 saturated heterocycles. The average Bonchev–Trinajstić information content (AvgIpc) is 2.50. The van der Waals surface area contributed by atoms with Crippen molar-refractivity contribution in [1.82, 2.24) is 16.0 Å². The molecule has 0 aliphatic carbocycles. The van der Waals surface area contributed by atoms with Crippen molar-refractivity contribution < 1.29 is 19.1 Å². The predicted octanol–water partition coefficient (Wildman–Crippen LogP) is 1.29. The van der Waals surface area contributed by atoms with Crippen LogP contribution in [0.4, 0.5) is 0 Å². The van der Waals surface area contributed by atoms with Crippen molar-refractivity contribution in [3.05, 3.63) is 35.8 Å². The minimum atomic E-state index is -0.724. The van der Waals surface area contributed by atoms with E-state index >= 15 is 0 Å². The number of piperidine rings is 1. The third-order valence-electron chi connectivity index (χ3n) is 3.43. The maximum atomic E-state index is 12.6. The molecule has 0 radical (unpaired) electrons. The Morgan fingerprint density at radius 3 is 2.64 bits per heavy atom. The van der Waals surface area contributed by atoms with E-state index in [2.05, 4.69) is 22.5 Å². The van der Waals surface area contributed by atoms with Gasteiger partial charge in [-0.25, -0.2) is 0 Å². The van der Waals surface area contributed by atoms with Crippen LogP contribution < -0.4 is 16.0 Å². The smallest absolute Gasteiger partial charge is 0.253 e. The lowest BCUT2D eigenvalue weighted by Crippen LogP contribution is -2.52. The summed E-state index contributed by atoms with van der Waals surface area (Å²) >= 11 is 0. The van der Waals surface area contributed by atoms with E-state index in [0.29, 0.717) is 23.6 Å². The molecule has 0 aromatic heterocycles. The van der Waals surface area contributed by atoms with Gasteiger partial charge in [0.05, 0.1) is 17.4 Å². The molecule has 1 rings (SSSR count). The van der Waals surface area contributed by atoms with Crippen LogP contribution in [-0.2, 0) is 19.1 Å². The van der Waals surface area contributed by atoms with Crippen LogP contribution in [0, 0.1) is 0 Å².